The second-order valence-electron chi connectivity index (χ2n) is 6.47. The van der Waals surface area contributed by atoms with Gasteiger partial charge in [-0.25, -0.2) is 0 Å². The maximum absolute atomic E-state index is 12.9. The predicted molar refractivity (Wildman–Crippen MR) is 92.0 cm³/mol. The third-order valence-corrected chi connectivity index (χ3v) is 4.97. The van der Waals surface area contributed by atoms with E-state index in [0.29, 0.717) is 12.8 Å². The van der Waals surface area contributed by atoms with Gasteiger partial charge in [0.2, 0.25) is 0 Å². The van der Waals surface area contributed by atoms with Gasteiger partial charge in [0, 0.05) is 11.8 Å². The molecule has 4 rings (SSSR count). The van der Waals surface area contributed by atoms with Crippen molar-refractivity contribution in [3.8, 4) is 0 Å². The molecule has 24 heavy (non-hydrogen) atoms. The normalized spacial score (nSPS) is 20.6. The van der Waals surface area contributed by atoms with Crippen LogP contribution in [0.3, 0.4) is 0 Å². The zero-order valence-electron chi connectivity index (χ0n) is 13.5. The minimum Gasteiger partial charge on any atom is -0.299 e. The number of fused-ring (bicyclic) bond motifs is 1. The molecular formula is C20H18N2O2. The molecule has 0 bridgehead atoms. The molecule has 4 nitrogen and oxygen atoms in total. The summed E-state index contributed by atoms with van der Waals surface area (Å²) in [5.74, 6) is -0.667. The highest BCUT2D eigenvalue weighted by Crippen LogP contribution is 2.37. The van der Waals surface area contributed by atoms with E-state index in [9.17, 15) is 9.59 Å². The topological polar surface area (TPSA) is 52.0 Å². The first kappa shape index (κ1) is 14.8. The molecule has 1 heterocycles. The highest BCUT2D eigenvalue weighted by molar-refractivity contribution is 6.06. The number of ketones is 1. The molecule has 0 N–H and O–H groups in total. The van der Waals surface area contributed by atoms with Crippen LogP contribution in [-0.2, 0) is 4.79 Å². The summed E-state index contributed by atoms with van der Waals surface area (Å²) in [5, 5.41) is 5.20. The molecule has 1 saturated carbocycles. The van der Waals surface area contributed by atoms with Gasteiger partial charge in [0.1, 0.15) is 5.78 Å². The van der Waals surface area contributed by atoms with Gasteiger partial charge >= 0.3 is 0 Å². The van der Waals surface area contributed by atoms with Crippen LogP contribution >= 0.6 is 0 Å². The fourth-order valence-corrected chi connectivity index (χ4v) is 3.62. The summed E-state index contributed by atoms with van der Waals surface area (Å²) in [5.41, 5.74) is 2.98. The number of carbonyl (C=O) groups excluding carboxylic acids is 2. The number of Topliss-reactive ketones (excluding diaryl/α,β-unsaturated/α-hetero) is 1. The summed E-state index contributed by atoms with van der Waals surface area (Å²) in [7, 11) is 0. The Morgan fingerprint density at radius 2 is 1.92 bits per heavy atom. The molecule has 120 valence electrons. The van der Waals surface area contributed by atoms with Crippen molar-refractivity contribution in [3.63, 3.8) is 0 Å². The second-order valence-corrected chi connectivity index (χ2v) is 6.47. The molecule has 1 fully saturated rings. The van der Waals surface area contributed by atoms with Crippen LogP contribution in [-0.4, -0.2) is 21.5 Å². The van der Waals surface area contributed by atoms with Crippen LogP contribution in [0.1, 0.15) is 34.7 Å². The van der Waals surface area contributed by atoms with Crippen molar-refractivity contribution in [2.75, 3.05) is 0 Å². The molecule has 4 heteroatoms. The molecule has 2 aromatic carbocycles. The summed E-state index contributed by atoms with van der Waals surface area (Å²) in [6.45, 7) is 1.99. The van der Waals surface area contributed by atoms with E-state index in [2.05, 4.69) is 5.10 Å². The average Bonchev–Trinajstić information content (AvgIpc) is 3.20. The van der Waals surface area contributed by atoms with Crippen molar-refractivity contribution in [3.05, 3.63) is 65.9 Å². The fourth-order valence-electron chi connectivity index (χ4n) is 3.62. The van der Waals surface area contributed by atoms with Gasteiger partial charge in [-0.15, -0.1) is 0 Å². The Morgan fingerprint density at radius 1 is 1.12 bits per heavy atom. The van der Waals surface area contributed by atoms with E-state index < -0.39 is 5.92 Å². The molecule has 0 saturated heterocycles. The van der Waals surface area contributed by atoms with E-state index >= 15 is 0 Å². The number of carbonyl (C=O) groups is 2. The van der Waals surface area contributed by atoms with Crippen molar-refractivity contribution in [2.45, 2.75) is 25.7 Å². The lowest BCUT2D eigenvalue weighted by Crippen LogP contribution is -2.25. The molecule has 0 unspecified atom stereocenters. The molecule has 1 aliphatic rings. The zero-order valence-corrected chi connectivity index (χ0v) is 13.5. The third kappa shape index (κ3) is 2.35. The molecule has 0 amide bonds. The quantitative estimate of drug-likeness (QED) is 0.676. The number of hydrogen-bond donors (Lipinski definition) is 0. The van der Waals surface area contributed by atoms with E-state index in [4.69, 9.17) is 0 Å². The summed E-state index contributed by atoms with van der Waals surface area (Å²) in [6, 6.07) is 15.7. The maximum Gasteiger partial charge on any atom is 0.258 e. The molecule has 2 atom stereocenters. The molecule has 1 aromatic heterocycles. The standard InChI is InChI=1S/C20H18N2O2/c1-13-6-5-9-18-17(13)12-21-22(18)20(24)16-10-15(11-19(16)23)14-7-3-2-4-8-14/h2-9,12,15-16H,10-11H2,1H3/t15-,16+/m1/s1. The van der Waals surface area contributed by atoms with Crippen LogP contribution in [0.15, 0.2) is 54.7 Å². The smallest absolute Gasteiger partial charge is 0.258 e. The van der Waals surface area contributed by atoms with E-state index in [0.717, 1.165) is 22.0 Å². The number of benzene rings is 2. The third-order valence-electron chi connectivity index (χ3n) is 4.97. The lowest BCUT2D eigenvalue weighted by atomic mass is 9.96. The Bertz CT molecular complexity index is 927. The van der Waals surface area contributed by atoms with Crippen LogP contribution in [0.25, 0.3) is 10.9 Å². The molecule has 0 aliphatic heterocycles. The van der Waals surface area contributed by atoms with Crippen LogP contribution in [0.5, 0.6) is 0 Å². The first-order chi connectivity index (χ1) is 11.6. The van der Waals surface area contributed by atoms with Crippen molar-refractivity contribution >= 4 is 22.6 Å². The number of nitrogens with zero attached hydrogens (tertiary/aromatic N) is 2. The van der Waals surface area contributed by atoms with Crippen LogP contribution in [0, 0.1) is 12.8 Å². The number of hydrogen-bond acceptors (Lipinski definition) is 3. The van der Waals surface area contributed by atoms with Gasteiger partial charge in [-0.05, 0) is 36.5 Å². The minimum absolute atomic E-state index is 0.0187. The van der Waals surface area contributed by atoms with Gasteiger partial charge in [0.05, 0.1) is 17.6 Å². The molecular weight excluding hydrogens is 300 g/mol. The Balaban J connectivity index is 1.65. The Kier molecular flexibility index (Phi) is 3.53. The predicted octanol–water partition coefficient (Wildman–Crippen LogP) is 3.75. The van der Waals surface area contributed by atoms with Gasteiger partial charge in [0.25, 0.3) is 5.91 Å². The van der Waals surface area contributed by atoms with Gasteiger partial charge in [0.15, 0.2) is 0 Å². The molecule has 3 aromatic rings. The van der Waals surface area contributed by atoms with Gasteiger partial charge in [-0.1, -0.05) is 42.5 Å². The maximum atomic E-state index is 12.9. The lowest BCUT2D eigenvalue weighted by Gasteiger charge is -2.10. The molecule has 1 aliphatic carbocycles. The van der Waals surface area contributed by atoms with Crippen molar-refractivity contribution in [1.29, 1.82) is 0 Å². The molecule has 0 spiro atoms. The summed E-state index contributed by atoms with van der Waals surface area (Å²) in [4.78, 5) is 25.3. The minimum atomic E-state index is -0.598. The number of aromatic nitrogens is 2. The lowest BCUT2D eigenvalue weighted by molar-refractivity contribution is -0.119. The van der Waals surface area contributed by atoms with E-state index in [1.54, 1.807) is 6.20 Å². The van der Waals surface area contributed by atoms with E-state index in [-0.39, 0.29) is 17.6 Å². The van der Waals surface area contributed by atoms with Gasteiger partial charge in [-0.2, -0.15) is 9.78 Å². The fraction of sp³-hybridized carbons (Fsp3) is 0.250. The Hall–Kier alpha value is -2.75. The first-order valence-corrected chi connectivity index (χ1v) is 8.20. The van der Waals surface area contributed by atoms with Crippen molar-refractivity contribution in [1.82, 2.24) is 9.78 Å². The number of aryl methyl sites for hydroxylation is 1. The second kappa shape index (κ2) is 5.71. The molecule has 0 radical (unpaired) electrons. The van der Waals surface area contributed by atoms with Gasteiger partial charge < -0.3 is 0 Å². The van der Waals surface area contributed by atoms with Crippen molar-refractivity contribution < 1.29 is 9.59 Å². The summed E-state index contributed by atoms with van der Waals surface area (Å²) >= 11 is 0. The van der Waals surface area contributed by atoms with E-state index in [1.165, 1.54) is 4.68 Å². The Morgan fingerprint density at radius 3 is 2.71 bits per heavy atom. The van der Waals surface area contributed by atoms with Crippen LogP contribution in [0.4, 0.5) is 0 Å². The van der Waals surface area contributed by atoms with Crippen LogP contribution in [0.2, 0.25) is 0 Å². The highest BCUT2D eigenvalue weighted by Gasteiger charge is 2.39. The SMILES string of the molecule is Cc1cccc2c1cnn2C(=O)[C@H]1C[C@@H](c2ccccc2)CC1=O. The van der Waals surface area contributed by atoms with Crippen LogP contribution < -0.4 is 0 Å². The zero-order chi connectivity index (χ0) is 16.7. The summed E-state index contributed by atoms with van der Waals surface area (Å²) in [6.07, 6.45) is 2.70. The van der Waals surface area contributed by atoms with E-state index in [1.807, 2.05) is 55.5 Å². The Labute approximate surface area is 140 Å². The monoisotopic (exact) mass is 318 g/mol. The highest BCUT2D eigenvalue weighted by atomic mass is 16.2. The van der Waals surface area contributed by atoms with Gasteiger partial charge in [-0.3, -0.25) is 9.59 Å². The number of rotatable bonds is 2. The average molecular weight is 318 g/mol. The largest absolute Gasteiger partial charge is 0.299 e. The van der Waals surface area contributed by atoms with Crippen molar-refractivity contribution in [2.24, 2.45) is 5.92 Å². The summed E-state index contributed by atoms with van der Waals surface area (Å²) < 4.78 is 1.40. The first-order valence-electron chi connectivity index (χ1n) is 8.20.